The molecule has 1 aliphatic heterocycles. The number of aromatic nitrogens is 5. The molecule has 28 heavy (non-hydrogen) atoms. The summed E-state index contributed by atoms with van der Waals surface area (Å²) in [6, 6.07) is 6.40. The maximum absolute atomic E-state index is 5.98. The summed E-state index contributed by atoms with van der Waals surface area (Å²) in [5, 5.41) is 9.17. The van der Waals surface area contributed by atoms with Gasteiger partial charge in [-0.05, 0) is 37.0 Å². The minimum absolute atomic E-state index is 0.704. The lowest BCUT2D eigenvalue weighted by molar-refractivity contribution is 0.241. The number of benzene rings is 1. The number of anilines is 1. The second kappa shape index (κ2) is 7.35. The Morgan fingerprint density at radius 2 is 1.96 bits per heavy atom. The lowest BCUT2D eigenvalue weighted by Gasteiger charge is -2.35. The summed E-state index contributed by atoms with van der Waals surface area (Å²) in [4.78, 5) is 13.6. The van der Waals surface area contributed by atoms with Crippen LogP contribution >= 0.6 is 0 Å². The summed E-state index contributed by atoms with van der Waals surface area (Å²) in [6.07, 6.45) is 5.89. The van der Waals surface area contributed by atoms with Gasteiger partial charge in [0.1, 0.15) is 18.5 Å². The largest absolute Gasteiger partial charge is 0.477 e. The molecular formula is C20H25N7O. The van der Waals surface area contributed by atoms with Gasteiger partial charge in [-0.3, -0.25) is 4.90 Å². The molecule has 1 saturated carbocycles. The molecule has 0 N–H and O–H groups in total. The molecule has 0 bridgehead atoms. The Hall–Kier alpha value is -2.74. The molecule has 0 radical (unpaired) electrons. The van der Waals surface area contributed by atoms with Gasteiger partial charge in [-0.25, -0.2) is 9.97 Å². The number of rotatable bonds is 6. The third-order valence-electron chi connectivity index (χ3n) is 5.64. The molecule has 1 saturated heterocycles. The lowest BCUT2D eigenvalue weighted by atomic mass is 10.2. The highest BCUT2D eigenvalue weighted by molar-refractivity contribution is 5.86. The van der Waals surface area contributed by atoms with Crippen LogP contribution in [0.3, 0.4) is 0 Å². The summed E-state index contributed by atoms with van der Waals surface area (Å²) in [5.74, 6) is 2.42. The minimum Gasteiger partial charge on any atom is -0.477 e. The summed E-state index contributed by atoms with van der Waals surface area (Å²) in [6.45, 7) is 5.57. The Morgan fingerprint density at radius 1 is 1.11 bits per heavy atom. The molecule has 8 heteroatoms. The molecule has 2 aromatic heterocycles. The summed E-state index contributed by atoms with van der Waals surface area (Å²) < 4.78 is 7.96. The molecule has 146 valence electrons. The van der Waals surface area contributed by atoms with E-state index >= 15 is 0 Å². The van der Waals surface area contributed by atoms with E-state index < -0.39 is 0 Å². The van der Waals surface area contributed by atoms with Gasteiger partial charge in [0.2, 0.25) is 5.88 Å². The van der Waals surface area contributed by atoms with Crippen molar-refractivity contribution in [1.29, 1.82) is 0 Å². The first kappa shape index (κ1) is 17.4. The molecule has 0 amide bonds. The van der Waals surface area contributed by atoms with Crippen LogP contribution < -0.4 is 9.64 Å². The van der Waals surface area contributed by atoms with Gasteiger partial charge in [0.15, 0.2) is 0 Å². The van der Waals surface area contributed by atoms with Crippen LogP contribution in [0, 0.1) is 5.92 Å². The van der Waals surface area contributed by atoms with Crippen molar-refractivity contribution in [3.05, 3.63) is 36.7 Å². The van der Waals surface area contributed by atoms with Crippen LogP contribution in [0.2, 0.25) is 0 Å². The average molecular weight is 379 g/mol. The van der Waals surface area contributed by atoms with E-state index in [4.69, 9.17) is 4.74 Å². The highest BCUT2D eigenvalue weighted by Gasteiger charge is 2.23. The predicted octanol–water partition coefficient (Wildman–Crippen LogP) is 1.87. The minimum atomic E-state index is 0.704. The van der Waals surface area contributed by atoms with Crippen LogP contribution in [-0.2, 0) is 13.6 Å². The smallest absolute Gasteiger partial charge is 0.224 e. The first-order chi connectivity index (χ1) is 13.8. The summed E-state index contributed by atoms with van der Waals surface area (Å²) >= 11 is 0. The number of ether oxygens (including phenoxy) is 1. The molecule has 1 aromatic carbocycles. The zero-order valence-electron chi connectivity index (χ0n) is 16.2. The first-order valence-electron chi connectivity index (χ1n) is 9.94. The molecule has 3 aromatic rings. The zero-order valence-corrected chi connectivity index (χ0v) is 16.2. The van der Waals surface area contributed by atoms with E-state index in [1.54, 1.807) is 12.7 Å². The van der Waals surface area contributed by atoms with Crippen LogP contribution in [0.15, 0.2) is 30.9 Å². The van der Waals surface area contributed by atoms with E-state index in [0.29, 0.717) is 11.8 Å². The van der Waals surface area contributed by atoms with E-state index in [2.05, 4.69) is 48.2 Å². The first-order valence-corrected chi connectivity index (χ1v) is 9.94. The number of piperazine rings is 1. The Kier molecular flexibility index (Phi) is 4.56. The van der Waals surface area contributed by atoms with Gasteiger partial charge >= 0.3 is 0 Å². The maximum atomic E-state index is 5.98. The van der Waals surface area contributed by atoms with Crippen molar-refractivity contribution in [3.8, 4) is 5.88 Å². The highest BCUT2D eigenvalue weighted by Crippen LogP contribution is 2.32. The second-order valence-corrected chi connectivity index (χ2v) is 7.76. The van der Waals surface area contributed by atoms with E-state index in [9.17, 15) is 0 Å². The monoisotopic (exact) mass is 379 g/mol. The Labute approximate surface area is 164 Å². The fraction of sp³-hybridized carbons (Fsp3) is 0.500. The maximum Gasteiger partial charge on any atom is 0.224 e. The van der Waals surface area contributed by atoms with Crippen LogP contribution in [0.1, 0.15) is 18.7 Å². The average Bonchev–Trinajstić information content (AvgIpc) is 3.48. The number of aryl methyl sites for hydroxylation is 1. The van der Waals surface area contributed by atoms with Crippen LogP contribution in [0.25, 0.3) is 10.9 Å². The number of fused-ring (bicyclic) bond motifs is 1. The number of hydrogen-bond donors (Lipinski definition) is 0. The Morgan fingerprint density at radius 3 is 2.71 bits per heavy atom. The molecule has 0 unspecified atom stereocenters. The molecule has 2 aliphatic rings. The van der Waals surface area contributed by atoms with Crippen molar-refractivity contribution < 1.29 is 4.74 Å². The number of hydrogen-bond acceptors (Lipinski definition) is 7. The van der Waals surface area contributed by atoms with E-state index in [-0.39, 0.29) is 0 Å². The Bertz CT molecular complexity index is 960. The van der Waals surface area contributed by atoms with Gasteiger partial charge in [-0.1, -0.05) is 0 Å². The third-order valence-corrected chi connectivity index (χ3v) is 5.64. The van der Waals surface area contributed by atoms with Crippen molar-refractivity contribution in [2.45, 2.75) is 19.4 Å². The quantitative estimate of drug-likeness (QED) is 0.647. The normalized spacial score (nSPS) is 18.0. The summed E-state index contributed by atoms with van der Waals surface area (Å²) in [7, 11) is 1.99. The van der Waals surface area contributed by atoms with Crippen LogP contribution in [-0.4, -0.2) is 62.4 Å². The van der Waals surface area contributed by atoms with Gasteiger partial charge in [0.05, 0.1) is 24.1 Å². The second-order valence-electron chi connectivity index (χ2n) is 7.76. The van der Waals surface area contributed by atoms with Crippen LogP contribution in [0.4, 0.5) is 5.69 Å². The molecule has 3 heterocycles. The van der Waals surface area contributed by atoms with Gasteiger partial charge in [-0.15, -0.1) is 10.2 Å². The van der Waals surface area contributed by atoms with Gasteiger partial charge < -0.3 is 14.2 Å². The topological polar surface area (TPSA) is 72.2 Å². The SMILES string of the molecule is Cn1cnnc1CN1CCN(c2ccc3ncnc(OCC4CC4)c3c2)CC1. The zero-order chi connectivity index (χ0) is 18.9. The van der Waals surface area contributed by atoms with Gasteiger partial charge in [0.25, 0.3) is 0 Å². The van der Waals surface area contributed by atoms with Crippen molar-refractivity contribution in [1.82, 2.24) is 29.6 Å². The predicted molar refractivity (Wildman–Crippen MR) is 106 cm³/mol. The molecule has 0 spiro atoms. The standard InChI is InChI=1S/C20H25N7O/c1-25-14-23-24-19(25)11-26-6-8-27(9-7-26)16-4-5-18-17(10-16)20(22-13-21-18)28-12-15-2-3-15/h4-5,10,13-15H,2-3,6-9,11-12H2,1H3. The molecule has 0 atom stereocenters. The molecule has 5 rings (SSSR count). The Balaban J connectivity index is 1.28. The summed E-state index contributed by atoms with van der Waals surface area (Å²) in [5.41, 5.74) is 2.14. The number of nitrogens with zero attached hydrogens (tertiary/aromatic N) is 7. The van der Waals surface area contributed by atoms with Gasteiger partial charge in [0, 0.05) is 38.9 Å². The van der Waals surface area contributed by atoms with Crippen molar-refractivity contribution in [3.63, 3.8) is 0 Å². The van der Waals surface area contributed by atoms with E-state index in [1.807, 2.05) is 11.6 Å². The third kappa shape index (κ3) is 3.64. The molecular weight excluding hydrogens is 354 g/mol. The van der Waals surface area contributed by atoms with Crippen molar-refractivity contribution >= 4 is 16.6 Å². The van der Waals surface area contributed by atoms with Crippen molar-refractivity contribution in [2.24, 2.45) is 13.0 Å². The highest BCUT2D eigenvalue weighted by atomic mass is 16.5. The molecule has 8 nitrogen and oxygen atoms in total. The van der Waals surface area contributed by atoms with Gasteiger partial charge in [-0.2, -0.15) is 0 Å². The molecule has 1 aliphatic carbocycles. The lowest BCUT2D eigenvalue weighted by Crippen LogP contribution is -2.46. The molecule has 2 fully saturated rings. The van der Waals surface area contributed by atoms with E-state index in [0.717, 1.165) is 56.1 Å². The van der Waals surface area contributed by atoms with Crippen molar-refractivity contribution in [2.75, 3.05) is 37.7 Å². The van der Waals surface area contributed by atoms with E-state index in [1.165, 1.54) is 18.5 Å². The fourth-order valence-corrected chi connectivity index (χ4v) is 3.63. The van der Waals surface area contributed by atoms with Crippen LogP contribution in [0.5, 0.6) is 5.88 Å². The fourth-order valence-electron chi connectivity index (χ4n) is 3.63.